The van der Waals surface area contributed by atoms with E-state index in [0.717, 1.165) is 18.7 Å². The molecule has 2 aromatic rings. The highest BCUT2D eigenvalue weighted by molar-refractivity contribution is 5.85. The van der Waals surface area contributed by atoms with Crippen molar-refractivity contribution in [2.24, 2.45) is 5.73 Å². The first kappa shape index (κ1) is 13.1. The van der Waals surface area contributed by atoms with Crippen molar-refractivity contribution in [2.45, 2.75) is 12.5 Å². The summed E-state index contributed by atoms with van der Waals surface area (Å²) in [5.74, 6) is 0. The van der Waals surface area contributed by atoms with E-state index in [-0.39, 0.29) is 18.5 Å². The van der Waals surface area contributed by atoms with E-state index in [2.05, 4.69) is 17.2 Å². The number of rotatable bonds is 2. The maximum absolute atomic E-state index is 5.74. The first-order valence-corrected chi connectivity index (χ1v) is 5.83. The third kappa shape index (κ3) is 2.14. The Morgan fingerprint density at radius 2 is 2.28 bits per heavy atom. The Balaban J connectivity index is 0.00000120. The van der Waals surface area contributed by atoms with Crippen molar-refractivity contribution in [1.29, 1.82) is 0 Å². The van der Waals surface area contributed by atoms with E-state index in [9.17, 15) is 0 Å². The Bertz CT molecular complexity index is 513. The zero-order valence-corrected chi connectivity index (χ0v) is 10.8. The third-order valence-corrected chi connectivity index (χ3v) is 3.17. The molecule has 96 valence electrons. The molecule has 2 heterocycles. The van der Waals surface area contributed by atoms with Gasteiger partial charge in [0.15, 0.2) is 0 Å². The molecule has 0 bridgehead atoms. The van der Waals surface area contributed by atoms with Gasteiger partial charge in [-0.1, -0.05) is 12.1 Å². The Labute approximate surface area is 112 Å². The number of aromatic nitrogens is 2. The zero-order chi connectivity index (χ0) is 11.7. The van der Waals surface area contributed by atoms with Gasteiger partial charge < -0.3 is 10.5 Å². The summed E-state index contributed by atoms with van der Waals surface area (Å²) in [5.41, 5.74) is 9.38. The topological polar surface area (TPSA) is 53.1 Å². The maximum Gasteiger partial charge on any atom is 0.0950 e. The number of hydrogen-bond donors (Lipinski definition) is 1. The summed E-state index contributed by atoms with van der Waals surface area (Å²) in [7, 11) is 0. The van der Waals surface area contributed by atoms with E-state index in [1.54, 1.807) is 6.20 Å². The second-order valence-corrected chi connectivity index (χ2v) is 4.14. The predicted molar refractivity (Wildman–Crippen MR) is 72.3 cm³/mol. The van der Waals surface area contributed by atoms with Gasteiger partial charge in [-0.3, -0.25) is 0 Å². The fourth-order valence-electron chi connectivity index (χ4n) is 2.38. The molecule has 2 N–H and O–H groups in total. The van der Waals surface area contributed by atoms with Crippen molar-refractivity contribution in [3.05, 3.63) is 47.8 Å². The van der Waals surface area contributed by atoms with Crippen LogP contribution in [0.25, 0.3) is 5.69 Å². The molecule has 0 spiro atoms. The van der Waals surface area contributed by atoms with Gasteiger partial charge in [-0.15, -0.1) is 12.4 Å². The van der Waals surface area contributed by atoms with Crippen molar-refractivity contribution in [3.8, 4) is 5.69 Å². The Hall–Kier alpha value is -1.36. The SMILES string of the molecule is Cl.NC[C@H]1OCCc2c1cccc2-n1cccn1. The number of hydrogen-bond acceptors (Lipinski definition) is 3. The predicted octanol–water partition coefficient (Wildman–Crippen LogP) is 1.87. The standard InChI is InChI=1S/C13H15N3O.ClH/c14-9-13-11-3-1-4-12(10(11)5-8-17-13)16-7-2-6-15-16;/h1-4,6-7,13H,5,8-9,14H2;1H/t13-;/m1./s1. The summed E-state index contributed by atoms with van der Waals surface area (Å²) in [6.07, 6.45) is 4.69. The van der Waals surface area contributed by atoms with Gasteiger partial charge in [-0.25, -0.2) is 4.68 Å². The molecule has 0 saturated heterocycles. The van der Waals surface area contributed by atoms with Gasteiger partial charge in [-0.05, 0) is 29.7 Å². The van der Waals surface area contributed by atoms with Crippen LogP contribution in [0.2, 0.25) is 0 Å². The average molecular weight is 266 g/mol. The molecule has 0 saturated carbocycles. The quantitative estimate of drug-likeness (QED) is 0.902. The summed E-state index contributed by atoms with van der Waals surface area (Å²) in [6.45, 7) is 1.25. The van der Waals surface area contributed by atoms with E-state index in [4.69, 9.17) is 10.5 Å². The highest BCUT2D eigenvalue weighted by Crippen LogP contribution is 2.30. The monoisotopic (exact) mass is 265 g/mol. The van der Waals surface area contributed by atoms with Crippen molar-refractivity contribution in [3.63, 3.8) is 0 Å². The molecule has 0 aliphatic carbocycles. The maximum atomic E-state index is 5.74. The second-order valence-electron chi connectivity index (χ2n) is 4.14. The summed E-state index contributed by atoms with van der Waals surface area (Å²) in [4.78, 5) is 0. The molecule has 0 amide bonds. The van der Waals surface area contributed by atoms with Crippen LogP contribution >= 0.6 is 12.4 Å². The van der Waals surface area contributed by atoms with Crippen molar-refractivity contribution in [1.82, 2.24) is 9.78 Å². The van der Waals surface area contributed by atoms with Gasteiger partial charge in [-0.2, -0.15) is 5.10 Å². The summed E-state index contributed by atoms with van der Waals surface area (Å²) in [5, 5.41) is 4.29. The van der Waals surface area contributed by atoms with Gasteiger partial charge in [0, 0.05) is 18.9 Å². The number of fused-ring (bicyclic) bond motifs is 1. The minimum Gasteiger partial charge on any atom is -0.372 e. The number of ether oxygens (including phenoxy) is 1. The van der Waals surface area contributed by atoms with Gasteiger partial charge in [0.1, 0.15) is 0 Å². The highest BCUT2D eigenvalue weighted by Gasteiger charge is 2.22. The molecule has 1 aliphatic heterocycles. The highest BCUT2D eigenvalue weighted by atomic mass is 35.5. The number of halogens is 1. The van der Waals surface area contributed by atoms with Crippen LogP contribution < -0.4 is 5.73 Å². The largest absolute Gasteiger partial charge is 0.372 e. The Morgan fingerprint density at radius 1 is 1.39 bits per heavy atom. The van der Waals surface area contributed by atoms with Crippen molar-refractivity contribution >= 4 is 12.4 Å². The fraction of sp³-hybridized carbons (Fsp3) is 0.308. The molecule has 0 radical (unpaired) electrons. The van der Waals surface area contributed by atoms with E-state index < -0.39 is 0 Å². The fourth-order valence-corrected chi connectivity index (χ4v) is 2.38. The molecule has 0 unspecified atom stereocenters. The Morgan fingerprint density at radius 3 is 3.00 bits per heavy atom. The van der Waals surface area contributed by atoms with Crippen LogP contribution in [-0.4, -0.2) is 22.9 Å². The molecule has 0 fully saturated rings. The van der Waals surface area contributed by atoms with Crippen LogP contribution in [0, 0.1) is 0 Å². The van der Waals surface area contributed by atoms with Gasteiger partial charge in [0.05, 0.1) is 18.4 Å². The van der Waals surface area contributed by atoms with Gasteiger partial charge >= 0.3 is 0 Å². The molecule has 3 rings (SSSR count). The van der Waals surface area contributed by atoms with Crippen LogP contribution in [0.3, 0.4) is 0 Å². The first-order chi connectivity index (χ1) is 8.40. The third-order valence-electron chi connectivity index (χ3n) is 3.17. The molecule has 1 aromatic carbocycles. The van der Waals surface area contributed by atoms with E-state index >= 15 is 0 Å². The number of benzene rings is 1. The first-order valence-electron chi connectivity index (χ1n) is 5.83. The van der Waals surface area contributed by atoms with Crippen LogP contribution in [0.15, 0.2) is 36.7 Å². The summed E-state index contributed by atoms with van der Waals surface area (Å²) in [6, 6.07) is 8.15. The lowest BCUT2D eigenvalue weighted by Crippen LogP contribution is -2.24. The van der Waals surface area contributed by atoms with Crippen LogP contribution in [0.4, 0.5) is 0 Å². The smallest absolute Gasteiger partial charge is 0.0950 e. The molecule has 5 heteroatoms. The summed E-state index contributed by atoms with van der Waals surface area (Å²) < 4.78 is 7.57. The number of nitrogens with two attached hydrogens (primary N) is 1. The lowest BCUT2D eigenvalue weighted by atomic mass is 9.96. The molecule has 1 atom stereocenters. The van der Waals surface area contributed by atoms with Crippen molar-refractivity contribution in [2.75, 3.05) is 13.2 Å². The molecular weight excluding hydrogens is 250 g/mol. The number of nitrogens with zero attached hydrogens (tertiary/aromatic N) is 2. The minimum atomic E-state index is 0. The summed E-state index contributed by atoms with van der Waals surface area (Å²) >= 11 is 0. The molecular formula is C13H16ClN3O. The van der Waals surface area contributed by atoms with Crippen molar-refractivity contribution < 1.29 is 4.74 Å². The molecule has 18 heavy (non-hydrogen) atoms. The van der Waals surface area contributed by atoms with Crippen LogP contribution in [0.1, 0.15) is 17.2 Å². The zero-order valence-electron chi connectivity index (χ0n) is 9.95. The lowest BCUT2D eigenvalue weighted by Gasteiger charge is -2.26. The van der Waals surface area contributed by atoms with Gasteiger partial charge in [0.25, 0.3) is 0 Å². The van der Waals surface area contributed by atoms with E-state index in [0.29, 0.717) is 6.54 Å². The van der Waals surface area contributed by atoms with Crippen LogP contribution in [-0.2, 0) is 11.2 Å². The van der Waals surface area contributed by atoms with E-state index in [1.807, 2.05) is 23.0 Å². The second kappa shape index (κ2) is 5.52. The van der Waals surface area contributed by atoms with Crippen LogP contribution in [0.5, 0.6) is 0 Å². The molecule has 1 aromatic heterocycles. The molecule has 4 nitrogen and oxygen atoms in total. The molecule has 1 aliphatic rings. The minimum absolute atomic E-state index is 0. The Kier molecular flexibility index (Phi) is 4.01. The normalized spacial score (nSPS) is 17.9. The van der Waals surface area contributed by atoms with E-state index in [1.165, 1.54) is 11.1 Å². The average Bonchev–Trinajstić information content (AvgIpc) is 2.91. The van der Waals surface area contributed by atoms with Gasteiger partial charge in [0.2, 0.25) is 0 Å². The lowest BCUT2D eigenvalue weighted by molar-refractivity contribution is 0.0484.